The molecule has 1 aromatic carbocycles. The standard InChI is InChI=1S/C21H30FN3O4/c1-2-12-29-19-7-6-16(22)13-18(19)24-10-8-23(9-11-24)14-17(26)15-25-20(27)4-3-5-21(25)28/h6-7,13,17,26H,2-5,8-12,14-15H2,1H3. The molecule has 1 aromatic rings. The van der Waals surface area contributed by atoms with Crippen LogP contribution in [-0.4, -0.2) is 78.7 Å². The van der Waals surface area contributed by atoms with Crippen molar-refractivity contribution in [2.24, 2.45) is 0 Å². The Balaban J connectivity index is 1.52. The van der Waals surface area contributed by atoms with Gasteiger partial charge in [-0.1, -0.05) is 6.92 Å². The van der Waals surface area contributed by atoms with Crippen molar-refractivity contribution in [1.82, 2.24) is 9.80 Å². The van der Waals surface area contributed by atoms with Crippen molar-refractivity contribution in [3.05, 3.63) is 24.0 Å². The topological polar surface area (TPSA) is 73.3 Å². The van der Waals surface area contributed by atoms with Crippen LogP contribution in [0, 0.1) is 5.82 Å². The van der Waals surface area contributed by atoms with E-state index in [-0.39, 0.29) is 24.2 Å². The van der Waals surface area contributed by atoms with Gasteiger partial charge in [0.15, 0.2) is 0 Å². The highest BCUT2D eigenvalue weighted by Crippen LogP contribution is 2.30. The minimum Gasteiger partial charge on any atom is -0.491 e. The summed E-state index contributed by atoms with van der Waals surface area (Å²) in [6.07, 6.45) is 1.44. The molecule has 2 fully saturated rings. The van der Waals surface area contributed by atoms with Crippen LogP contribution in [0.3, 0.4) is 0 Å². The van der Waals surface area contributed by atoms with Gasteiger partial charge in [0.25, 0.3) is 0 Å². The Hall–Kier alpha value is -2.19. The van der Waals surface area contributed by atoms with Gasteiger partial charge in [-0.3, -0.25) is 19.4 Å². The molecule has 0 aliphatic carbocycles. The summed E-state index contributed by atoms with van der Waals surface area (Å²) in [5, 5.41) is 10.4. The summed E-state index contributed by atoms with van der Waals surface area (Å²) in [6.45, 7) is 5.81. The predicted molar refractivity (Wildman–Crippen MR) is 107 cm³/mol. The van der Waals surface area contributed by atoms with Crippen molar-refractivity contribution in [2.45, 2.75) is 38.7 Å². The van der Waals surface area contributed by atoms with E-state index < -0.39 is 6.10 Å². The molecule has 2 aliphatic rings. The minimum absolute atomic E-state index is 0.0524. The zero-order valence-corrected chi connectivity index (χ0v) is 17.0. The van der Waals surface area contributed by atoms with Crippen LogP contribution in [-0.2, 0) is 9.59 Å². The molecule has 1 atom stereocenters. The highest BCUT2D eigenvalue weighted by molar-refractivity contribution is 5.97. The number of halogens is 1. The first-order valence-electron chi connectivity index (χ1n) is 10.4. The van der Waals surface area contributed by atoms with Crippen molar-refractivity contribution in [3.63, 3.8) is 0 Å². The van der Waals surface area contributed by atoms with E-state index in [0.29, 0.717) is 64.3 Å². The molecular weight excluding hydrogens is 377 g/mol. The molecule has 1 N–H and O–H groups in total. The molecule has 0 spiro atoms. The number of carbonyl (C=O) groups excluding carboxylic acids is 2. The largest absolute Gasteiger partial charge is 0.491 e. The average Bonchev–Trinajstić information content (AvgIpc) is 2.70. The van der Waals surface area contributed by atoms with Crippen LogP contribution in [0.25, 0.3) is 0 Å². The Morgan fingerprint density at radius 3 is 2.45 bits per heavy atom. The highest BCUT2D eigenvalue weighted by Gasteiger charge is 2.29. The first-order chi connectivity index (χ1) is 14.0. The lowest BCUT2D eigenvalue weighted by atomic mass is 10.1. The molecule has 2 aliphatic heterocycles. The Morgan fingerprint density at radius 2 is 1.79 bits per heavy atom. The normalized spacial score (nSPS) is 19.6. The fourth-order valence-electron chi connectivity index (χ4n) is 3.81. The van der Waals surface area contributed by atoms with Gasteiger partial charge in [0.05, 0.1) is 24.9 Å². The van der Waals surface area contributed by atoms with Crippen LogP contribution in [0.15, 0.2) is 18.2 Å². The summed E-state index contributed by atoms with van der Waals surface area (Å²) in [6, 6.07) is 4.58. The molecule has 7 nitrogen and oxygen atoms in total. The molecule has 0 aromatic heterocycles. The fourth-order valence-corrected chi connectivity index (χ4v) is 3.81. The number of aliphatic hydroxyl groups excluding tert-OH is 1. The first-order valence-corrected chi connectivity index (χ1v) is 10.4. The van der Waals surface area contributed by atoms with E-state index in [1.807, 2.05) is 6.92 Å². The number of aliphatic hydroxyl groups is 1. The molecule has 0 bridgehead atoms. The van der Waals surface area contributed by atoms with Crippen molar-refractivity contribution in [2.75, 3.05) is 50.8 Å². The van der Waals surface area contributed by atoms with Gasteiger partial charge in [-0.05, 0) is 25.0 Å². The van der Waals surface area contributed by atoms with Gasteiger partial charge in [-0.2, -0.15) is 0 Å². The number of likely N-dealkylation sites (tertiary alicyclic amines) is 1. The molecule has 29 heavy (non-hydrogen) atoms. The molecular formula is C21H30FN3O4. The van der Waals surface area contributed by atoms with Crippen molar-refractivity contribution < 1.29 is 23.8 Å². The number of ether oxygens (including phenoxy) is 1. The maximum absolute atomic E-state index is 13.8. The van der Waals surface area contributed by atoms with Gasteiger partial charge in [-0.15, -0.1) is 0 Å². The van der Waals surface area contributed by atoms with Crippen molar-refractivity contribution in [1.29, 1.82) is 0 Å². The van der Waals surface area contributed by atoms with E-state index in [2.05, 4.69) is 9.80 Å². The fraction of sp³-hybridized carbons (Fsp3) is 0.619. The van der Waals surface area contributed by atoms with Gasteiger partial charge in [0, 0.05) is 51.6 Å². The lowest BCUT2D eigenvalue weighted by Gasteiger charge is -2.38. The number of rotatable bonds is 8. The second-order valence-corrected chi connectivity index (χ2v) is 7.65. The van der Waals surface area contributed by atoms with Gasteiger partial charge < -0.3 is 14.7 Å². The lowest BCUT2D eigenvalue weighted by Crippen LogP contribution is -2.51. The molecule has 2 amide bonds. The number of anilines is 1. The van der Waals surface area contributed by atoms with Crippen LogP contribution in [0.1, 0.15) is 32.6 Å². The van der Waals surface area contributed by atoms with E-state index in [1.54, 1.807) is 6.07 Å². The van der Waals surface area contributed by atoms with Crippen LogP contribution >= 0.6 is 0 Å². The van der Waals surface area contributed by atoms with E-state index >= 15 is 0 Å². The average molecular weight is 407 g/mol. The first kappa shape index (κ1) is 21.5. The van der Waals surface area contributed by atoms with E-state index in [9.17, 15) is 19.1 Å². The Bertz CT molecular complexity index is 706. The van der Waals surface area contributed by atoms with Gasteiger partial charge in [0.1, 0.15) is 11.6 Å². The third-order valence-electron chi connectivity index (χ3n) is 5.34. The number of hydrogen-bond donors (Lipinski definition) is 1. The summed E-state index contributed by atoms with van der Waals surface area (Å²) in [5.41, 5.74) is 0.753. The number of hydrogen-bond acceptors (Lipinski definition) is 6. The highest BCUT2D eigenvalue weighted by atomic mass is 19.1. The Kier molecular flexibility index (Phi) is 7.44. The quantitative estimate of drug-likeness (QED) is 0.661. The zero-order valence-electron chi connectivity index (χ0n) is 17.0. The summed E-state index contributed by atoms with van der Waals surface area (Å²) in [7, 11) is 0. The number of piperidine rings is 1. The van der Waals surface area contributed by atoms with Gasteiger partial charge in [-0.25, -0.2) is 4.39 Å². The number of carbonyl (C=O) groups is 2. The van der Waals surface area contributed by atoms with Gasteiger partial charge >= 0.3 is 0 Å². The lowest BCUT2D eigenvalue weighted by molar-refractivity contribution is -0.149. The van der Waals surface area contributed by atoms with E-state index in [1.165, 1.54) is 17.0 Å². The maximum Gasteiger partial charge on any atom is 0.229 e. The number of benzene rings is 1. The molecule has 1 unspecified atom stereocenters. The van der Waals surface area contributed by atoms with Crippen LogP contribution < -0.4 is 9.64 Å². The molecule has 3 rings (SSSR count). The van der Waals surface area contributed by atoms with E-state index in [0.717, 1.165) is 12.1 Å². The third-order valence-corrected chi connectivity index (χ3v) is 5.34. The summed E-state index contributed by atoms with van der Waals surface area (Å²) in [4.78, 5) is 29.2. The monoisotopic (exact) mass is 407 g/mol. The SMILES string of the molecule is CCCOc1ccc(F)cc1N1CCN(CC(O)CN2C(=O)CCCC2=O)CC1. The number of piperazine rings is 1. The summed E-state index contributed by atoms with van der Waals surface area (Å²) < 4.78 is 19.5. The van der Waals surface area contributed by atoms with Crippen LogP contribution in [0.5, 0.6) is 5.75 Å². The van der Waals surface area contributed by atoms with Crippen molar-refractivity contribution in [3.8, 4) is 5.75 Å². The van der Waals surface area contributed by atoms with Crippen LogP contribution in [0.2, 0.25) is 0 Å². The van der Waals surface area contributed by atoms with Crippen molar-refractivity contribution >= 4 is 17.5 Å². The second-order valence-electron chi connectivity index (χ2n) is 7.65. The third kappa shape index (κ3) is 5.67. The van der Waals surface area contributed by atoms with E-state index in [4.69, 9.17) is 4.74 Å². The number of nitrogens with zero attached hydrogens (tertiary/aromatic N) is 3. The molecule has 2 heterocycles. The molecule has 2 saturated heterocycles. The number of β-amino-alcohol motifs (C(OH)–C–C–N with tert-alkyl or cyclic N) is 1. The summed E-state index contributed by atoms with van der Waals surface area (Å²) in [5.74, 6) is -0.00640. The van der Waals surface area contributed by atoms with Gasteiger partial charge in [0.2, 0.25) is 11.8 Å². The molecule has 160 valence electrons. The Morgan fingerprint density at radius 1 is 1.10 bits per heavy atom. The minimum atomic E-state index is -0.773. The number of amides is 2. The molecule has 8 heteroatoms. The number of imide groups is 1. The predicted octanol–water partition coefficient (Wildman–Crippen LogP) is 1.64. The van der Waals surface area contributed by atoms with Crippen LogP contribution in [0.4, 0.5) is 10.1 Å². The molecule has 0 radical (unpaired) electrons. The zero-order chi connectivity index (χ0) is 20.8. The molecule has 0 saturated carbocycles. The second kappa shape index (κ2) is 10.0. The smallest absolute Gasteiger partial charge is 0.229 e. The Labute approximate surface area is 171 Å². The maximum atomic E-state index is 13.8. The summed E-state index contributed by atoms with van der Waals surface area (Å²) >= 11 is 0.